The van der Waals surface area contributed by atoms with Crippen molar-refractivity contribution in [1.29, 1.82) is 0 Å². The van der Waals surface area contributed by atoms with Crippen LogP contribution >= 0.6 is 0 Å². The lowest BCUT2D eigenvalue weighted by atomic mass is 10.3. The van der Waals surface area contributed by atoms with Crippen molar-refractivity contribution in [3.63, 3.8) is 0 Å². The molecule has 4 nitrogen and oxygen atoms in total. The third kappa shape index (κ3) is 4.08. The van der Waals surface area contributed by atoms with E-state index < -0.39 is 6.61 Å². The summed E-state index contributed by atoms with van der Waals surface area (Å²) in [5.74, 6) is 0.641. The van der Waals surface area contributed by atoms with Crippen molar-refractivity contribution in [2.45, 2.75) is 13.2 Å². The normalized spacial score (nSPS) is 10.4. The molecule has 1 aromatic carbocycles. The Morgan fingerprint density at radius 3 is 2.75 bits per heavy atom. The van der Waals surface area contributed by atoms with E-state index in [1.54, 1.807) is 25.3 Å². The van der Waals surface area contributed by atoms with Gasteiger partial charge >= 0.3 is 6.61 Å². The molecule has 0 aliphatic rings. The van der Waals surface area contributed by atoms with Gasteiger partial charge in [-0.1, -0.05) is 12.1 Å². The molecule has 0 aliphatic carbocycles. The predicted octanol–water partition coefficient (Wildman–Crippen LogP) is 3.30. The fraction of sp³-hybridized carbons (Fsp3) is 0.214. The molecule has 0 bridgehead atoms. The van der Waals surface area contributed by atoms with Crippen LogP contribution in [0.15, 0.2) is 42.5 Å². The van der Waals surface area contributed by atoms with Crippen molar-refractivity contribution in [1.82, 2.24) is 4.98 Å². The van der Waals surface area contributed by atoms with Crippen LogP contribution in [0.1, 0.15) is 5.69 Å². The van der Waals surface area contributed by atoms with Gasteiger partial charge in [-0.25, -0.2) is 4.98 Å². The number of alkyl halides is 2. The van der Waals surface area contributed by atoms with Crippen LogP contribution in [-0.4, -0.2) is 18.7 Å². The van der Waals surface area contributed by atoms with Gasteiger partial charge in [0.2, 0.25) is 5.88 Å². The summed E-state index contributed by atoms with van der Waals surface area (Å²) in [7, 11) is 1.55. The molecule has 0 saturated carbocycles. The van der Waals surface area contributed by atoms with Crippen molar-refractivity contribution < 1.29 is 18.3 Å². The predicted molar refractivity (Wildman–Crippen MR) is 71.2 cm³/mol. The molecule has 0 unspecified atom stereocenters. The van der Waals surface area contributed by atoms with Crippen LogP contribution in [-0.2, 0) is 6.54 Å². The molecular weight excluding hydrogens is 266 g/mol. The molecule has 0 saturated heterocycles. The highest BCUT2D eigenvalue weighted by molar-refractivity contribution is 5.48. The lowest BCUT2D eigenvalue weighted by Gasteiger charge is -2.09. The Hall–Kier alpha value is -2.37. The van der Waals surface area contributed by atoms with E-state index in [1.165, 1.54) is 12.1 Å². The first kappa shape index (κ1) is 14.0. The Balaban J connectivity index is 1.99. The number of benzene rings is 1. The second-order valence-electron chi connectivity index (χ2n) is 3.93. The topological polar surface area (TPSA) is 43.4 Å². The summed E-state index contributed by atoms with van der Waals surface area (Å²) in [6, 6.07) is 11.8. The number of rotatable bonds is 6. The van der Waals surface area contributed by atoms with Crippen molar-refractivity contribution in [3.8, 4) is 11.6 Å². The van der Waals surface area contributed by atoms with E-state index in [4.69, 9.17) is 4.74 Å². The average Bonchev–Trinajstić information content (AvgIpc) is 2.45. The first-order valence-corrected chi connectivity index (χ1v) is 5.96. The largest absolute Gasteiger partial charge is 0.481 e. The van der Waals surface area contributed by atoms with Gasteiger partial charge in [-0.15, -0.1) is 0 Å². The van der Waals surface area contributed by atoms with E-state index in [2.05, 4.69) is 15.0 Å². The molecule has 2 rings (SSSR count). The molecule has 2 aromatic rings. The number of hydrogen-bond donors (Lipinski definition) is 1. The van der Waals surface area contributed by atoms with E-state index >= 15 is 0 Å². The number of methoxy groups -OCH3 is 1. The monoisotopic (exact) mass is 280 g/mol. The molecule has 0 amide bonds. The summed E-state index contributed by atoms with van der Waals surface area (Å²) in [4.78, 5) is 4.24. The van der Waals surface area contributed by atoms with Crippen LogP contribution in [0.3, 0.4) is 0 Å². The van der Waals surface area contributed by atoms with E-state index in [9.17, 15) is 8.78 Å². The zero-order chi connectivity index (χ0) is 14.4. The van der Waals surface area contributed by atoms with Crippen LogP contribution in [0.5, 0.6) is 11.6 Å². The van der Waals surface area contributed by atoms with E-state index in [0.717, 1.165) is 5.69 Å². The fourth-order valence-corrected chi connectivity index (χ4v) is 1.64. The third-order valence-electron chi connectivity index (χ3n) is 2.52. The molecule has 1 aromatic heterocycles. The highest BCUT2D eigenvalue weighted by Crippen LogP contribution is 2.19. The zero-order valence-corrected chi connectivity index (χ0v) is 10.8. The Labute approximate surface area is 115 Å². The minimum absolute atomic E-state index is 0.114. The third-order valence-corrected chi connectivity index (χ3v) is 2.52. The van der Waals surface area contributed by atoms with E-state index in [-0.39, 0.29) is 5.75 Å². The molecule has 0 aliphatic heterocycles. The summed E-state index contributed by atoms with van der Waals surface area (Å²) in [5.41, 5.74) is 1.46. The van der Waals surface area contributed by atoms with Gasteiger partial charge in [-0.3, -0.25) is 0 Å². The highest BCUT2D eigenvalue weighted by atomic mass is 19.3. The Morgan fingerprint density at radius 1 is 1.20 bits per heavy atom. The van der Waals surface area contributed by atoms with Crippen molar-refractivity contribution >= 4 is 5.69 Å². The summed E-state index contributed by atoms with van der Waals surface area (Å²) >= 11 is 0. The van der Waals surface area contributed by atoms with Gasteiger partial charge in [0.05, 0.1) is 19.3 Å². The number of nitrogens with zero attached hydrogens (tertiary/aromatic N) is 1. The number of hydrogen-bond acceptors (Lipinski definition) is 4. The standard InChI is InChI=1S/C14H14F2N2O2/c1-19-13-7-3-5-11(18-13)9-17-10-4-2-6-12(8-10)20-14(15)16/h2-8,14,17H,9H2,1H3. The Bertz CT molecular complexity index is 564. The van der Waals surface area contributed by atoms with Crippen LogP contribution < -0.4 is 14.8 Å². The molecular formula is C14H14F2N2O2. The van der Waals surface area contributed by atoms with Crippen molar-refractivity contribution in [2.24, 2.45) is 0 Å². The van der Waals surface area contributed by atoms with E-state index in [1.807, 2.05) is 12.1 Å². The van der Waals surface area contributed by atoms with Gasteiger partial charge in [0.25, 0.3) is 0 Å². The zero-order valence-electron chi connectivity index (χ0n) is 10.8. The molecule has 106 valence electrons. The van der Waals surface area contributed by atoms with Crippen LogP contribution in [0.25, 0.3) is 0 Å². The summed E-state index contributed by atoms with van der Waals surface area (Å²) in [6.45, 7) is -2.37. The quantitative estimate of drug-likeness (QED) is 0.881. The molecule has 0 atom stereocenters. The van der Waals surface area contributed by atoms with Crippen LogP contribution in [0.4, 0.5) is 14.5 Å². The molecule has 0 fully saturated rings. The molecule has 1 N–H and O–H groups in total. The smallest absolute Gasteiger partial charge is 0.387 e. The Kier molecular flexibility index (Phi) is 4.70. The number of nitrogens with one attached hydrogen (secondary N) is 1. The van der Waals surface area contributed by atoms with E-state index in [0.29, 0.717) is 18.1 Å². The van der Waals surface area contributed by atoms with Crippen LogP contribution in [0, 0.1) is 0 Å². The maximum absolute atomic E-state index is 12.1. The van der Waals surface area contributed by atoms with Gasteiger partial charge in [-0.2, -0.15) is 8.78 Å². The second-order valence-corrected chi connectivity index (χ2v) is 3.93. The van der Waals surface area contributed by atoms with Gasteiger partial charge in [-0.05, 0) is 18.2 Å². The Morgan fingerprint density at radius 2 is 2.00 bits per heavy atom. The number of halogens is 2. The average molecular weight is 280 g/mol. The molecule has 20 heavy (non-hydrogen) atoms. The number of ether oxygens (including phenoxy) is 2. The first-order valence-electron chi connectivity index (χ1n) is 5.96. The van der Waals surface area contributed by atoms with Gasteiger partial charge in [0.15, 0.2) is 0 Å². The van der Waals surface area contributed by atoms with Crippen molar-refractivity contribution in [3.05, 3.63) is 48.2 Å². The molecule has 6 heteroatoms. The van der Waals surface area contributed by atoms with Gasteiger partial charge in [0, 0.05) is 17.8 Å². The van der Waals surface area contributed by atoms with Gasteiger partial charge in [0.1, 0.15) is 5.75 Å². The van der Waals surface area contributed by atoms with Gasteiger partial charge < -0.3 is 14.8 Å². The first-order chi connectivity index (χ1) is 9.67. The minimum Gasteiger partial charge on any atom is -0.481 e. The summed E-state index contributed by atoms with van der Waals surface area (Å²) in [5, 5.41) is 3.08. The molecule has 1 heterocycles. The highest BCUT2D eigenvalue weighted by Gasteiger charge is 2.04. The lowest BCUT2D eigenvalue weighted by molar-refractivity contribution is -0.0498. The number of aromatic nitrogens is 1. The summed E-state index contributed by atoms with van der Waals surface area (Å²) < 4.78 is 33.6. The minimum atomic E-state index is -2.83. The van der Waals surface area contributed by atoms with Crippen LogP contribution in [0.2, 0.25) is 0 Å². The SMILES string of the molecule is COc1cccc(CNc2cccc(OC(F)F)c2)n1. The molecule has 0 spiro atoms. The number of pyridine rings is 1. The maximum Gasteiger partial charge on any atom is 0.387 e. The fourth-order valence-electron chi connectivity index (χ4n) is 1.64. The lowest BCUT2D eigenvalue weighted by Crippen LogP contribution is -2.04. The molecule has 0 radical (unpaired) electrons. The summed E-state index contributed by atoms with van der Waals surface area (Å²) in [6.07, 6.45) is 0. The van der Waals surface area contributed by atoms with Crippen molar-refractivity contribution in [2.75, 3.05) is 12.4 Å². The maximum atomic E-state index is 12.1. The second kappa shape index (κ2) is 6.70. The number of anilines is 1.